The highest BCUT2D eigenvalue weighted by atomic mass is 16.6. The van der Waals surface area contributed by atoms with Gasteiger partial charge in [0.05, 0.1) is 17.7 Å². The van der Waals surface area contributed by atoms with E-state index in [4.69, 9.17) is 14.7 Å². The Kier molecular flexibility index (Phi) is 4.15. The van der Waals surface area contributed by atoms with E-state index in [1.807, 2.05) is 37.3 Å². The fourth-order valence-corrected chi connectivity index (χ4v) is 2.38. The molecule has 0 aliphatic carbocycles. The summed E-state index contributed by atoms with van der Waals surface area (Å²) in [5.41, 5.74) is 1.52. The first-order valence-electron chi connectivity index (χ1n) is 7.36. The van der Waals surface area contributed by atoms with Gasteiger partial charge in [-0.25, -0.2) is 0 Å². The van der Waals surface area contributed by atoms with Crippen molar-refractivity contribution in [3.05, 3.63) is 59.7 Å². The molecule has 1 heterocycles. The largest absolute Gasteiger partial charge is 0.485 e. The average Bonchev–Trinajstić information content (AvgIpc) is 2.61. The molecule has 23 heavy (non-hydrogen) atoms. The summed E-state index contributed by atoms with van der Waals surface area (Å²) in [5.74, 6) is 0.998. The van der Waals surface area contributed by atoms with Gasteiger partial charge in [0.25, 0.3) is 5.91 Å². The molecule has 0 aromatic heterocycles. The van der Waals surface area contributed by atoms with Crippen LogP contribution in [-0.4, -0.2) is 18.6 Å². The molecule has 116 valence electrons. The second-order valence-corrected chi connectivity index (χ2v) is 5.33. The minimum absolute atomic E-state index is 0.183. The van der Waals surface area contributed by atoms with Crippen molar-refractivity contribution < 1.29 is 14.3 Å². The number of carbonyl (C=O) groups excluding carboxylic acids is 1. The molecule has 2 unspecified atom stereocenters. The van der Waals surface area contributed by atoms with Crippen LogP contribution in [0.1, 0.15) is 24.1 Å². The average molecular weight is 308 g/mol. The van der Waals surface area contributed by atoms with Gasteiger partial charge in [0, 0.05) is 0 Å². The quantitative estimate of drug-likeness (QED) is 0.946. The van der Waals surface area contributed by atoms with Crippen LogP contribution < -0.4 is 14.8 Å². The van der Waals surface area contributed by atoms with E-state index in [1.165, 1.54) is 0 Å². The van der Waals surface area contributed by atoms with Gasteiger partial charge in [-0.3, -0.25) is 4.79 Å². The van der Waals surface area contributed by atoms with Gasteiger partial charge < -0.3 is 14.8 Å². The molecule has 1 aliphatic heterocycles. The first kappa shape index (κ1) is 14.9. The highest BCUT2D eigenvalue weighted by Gasteiger charge is 2.28. The molecule has 2 atom stereocenters. The lowest BCUT2D eigenvalue weighted by atomic mass is 10.1. The third-order valence-electron chi connectivity index (χ3n) is 3.70. The maximum absolute atomic E-state index is 12.3. The van der Waals surface area contributed by atoms with Crippen molar-refractivity contribution in [1.29, 1.82) is 5.26 Å². The van der Waals surface area contributed by atoms with Crippen molar-refractivity contribution in [3.8, 4) is 17.6 Å². The van der Waals surface area contributed by atoms with Crippen molar-refractivity contribution in [1.82, 2.24) is 5.32 Å². The maximum atomic E-state index is 12.3. The Labute approximate surface area is 134 Å². The standard InChI is InChI=1S/C18H16N2O3/c1-12(14-8-6-13(10-19)7-9-14)20-18(21)17-11-22-15-4-2-3-5-16(15)23-17/h2-9,12,17H,11H2,1H3,(H,20,21). The Balaban J connectivity index is 1.64. The number of nitriles is 1. The Bertz CT molecular complexity index is 750. The molecule has 0 bridgehead atoms. The summed E-state index contributed by atoms with van der Waals surface area (Å²) < 4.78 is 11.2. The molecule has 0 saturated carbocycles. The summed E-state index contributed by atoms with van der Waals surface area (Å²) in [6.45, 7) is 2.07. The minimum atomic E-state index is -0.675. The monoisotopic (exact) mass is 308 g/mol. The number of ether oxygens (including phenoxy) is 2. The molecule has 1 amide bonds. The second-order valence-electron chi connectivity index (χ2n) is 5.33. The number of para-hydroxylation sites is 2. The van der Waals surface area contributed by atoms with E-state index in [9.17, 15) is 4.79 Å². The molecule has 0 fully saturated rings. The van der Waals surface area contributed by atoms with Gasteiger partial charge in [0.15, 0.2) is 11.5 Å². The molecule has 1 N–H and O–H groups in total. The number of nitrogens with one attached hydrogen (secondary N) is 1. The SMILES string of the molecule is CC(NC(=O)C1COc2ccccc2O1)c1ccc(C#N)cc1. The Morgan fingerprint density at radius 3 is 2.61 bits per heavy atom. The molecule has 1 aliphatic rings. The van der Waals surface area contributed by atoms with Gasteiger partial charge in [-0.2, -0.15) is 5.26 Å². The molecule has 0 spiro atoms. The summed E-state index contributed by atoms with van der Waals surface area (Å²) in [5, 5.41) is 11.7. The zero-order valence-electron chi connectivity index (χ0n) is 12.7. The van der Waals surface area contributed by atoms with E-state index < -0.39 is 6.10 Å². The Morgan fingerprint density at radius 1 is 1.22 bits per heavy atom. The number of amides is 1. The van der Waals surface area contributed by atoms with Gasteiger partial charge >= 0.3 is 0 Å². The summed E-state index contributed by atoms with van der Waals surface area (Å²) >= 11 is 0. The van der Waals surface area contributed by atoms with Crippen LogP contribution in [0.25, 0.3) is 0 Å². The fourth-order valence-electron chi connectivity index (χ4n) is 2.38. The van der Waals surface area contributed by atoms with Gasteiger partial charge in [0.1, 0.15) is 6.61 Å². The maximum Gasteiger partial charge on any atom is 0.265 e. The second kappa shape index (κ2) is 6.41. The van der Waals surface area contributed by atoms with Crippen LogP contribution in [0.4, 0.5) is 0 Å². The first-order chi connectivity index (χ1) is 11.2. The summed E-state index contributed by atoms with van der Waals surface area (Å²) in [6.07, 6.45) is -0.675. The zero-order valence-corrected chi connectivity index (χ0v) is 12.7. The van der Waals surface area contributed by atoms with Gasteiger partial charge in [-0.05, 0) is 36.8 Å². The van der Waals surface area contributed by atoms with Crippen LogP contribution in [0, 0.1) is 11.3 Å². The Hall–Kier alpha value is -3.00. The van der Waals surface area contributed by atoms with E-state index in [0.717, 1.165) is 5.56 Å². The predicted molar refractivity (Wildman–Crippen MR) is 84.1 cm³/mol. The first-order valence-corrected chi connectivity index (χ1v) is 7.36. The number of hydrogen-bond donors (Lipinski definition) is 1. The van der Waals surface area contributed by atoms with Crippen LogP contribution in [0.5, 0.6) is 11.5 Å². The molecular formula is C18H16N2O3. The molecule has 0 radical (unpaired) electrons. The van der Waals surface area contributed by atoms with Gasteiger partial charge in [0.2, 0.25) is 6.10 Å². The lowest BCUT2D eigenvalue weighted by molar-refractivity contribution is -0.131. The number of rotatable bonds is 3. The van der Waals surface area contributed by atoms with Crippen LogP contribution in [0.2, 0.25) is 0 Å². The molecule has 2 aromatic rings. The third-order valence-corrected chi connectivity index (χ3v) is 3.70. The normalized spacial score (nSPS) is 17.0. The Morgan fingerprint density at radius 2 is 1.91 bits per heavy atom. The van der Waals surface area contributed by atoms with E-state index in [1.54, 1.807) is 18.2 Å². The van der Waals surface area contributed by atoms with Gasteiger partial charge in [-0.1, -0.05) is 24.3 Å². The lowest BCUT2D eigenvalue weighted by Gasteiger charge is -2.26. The lowest BCUT2D eigenvalue weighted by Crippen LogP contribution is -2.44. The number of nitrogens with zero attached hydrogens (tertiary/aromatic N) is 1. The van der Waals surface area contributed by atoms with E-state index in [0.29, 0.717) is 17.1 Å². The van der Waals surface area contributed by atoms with Crippen LogP contribution >= 0.6 is 0 Å². The fraction of sp³-hybridized carbons (Fsp3) is 0.222. The van der Waals surface area contributed by atoms with Crippen LogP contribution in [0.15, 0.2) is 48.5 Å². The highest BCUT2D eigenvalue weighted by Crippen LogP contribution is 2.31. The van der Waals surface area contributed by atoms with Crippen molar-refractivity contribution in [2.24, 2.45) is 0 Å². The van der Waals surface area contributed by atoms with Crippen molar-refractivity contribution in [3.63, 3.8) is 0 Å². The number of benzene rings is 2. The minimum Gasteiger partial charge on any atom is -0.485 e. The van der Waals surface area contributed by atoms with Crippen molar-refractivity contribution >= 4 is 5.91 Å². The summed E-state index contributed by atoms with van der Waals surface area (Å²) in [4.78, 5) is 12.3. The third kappa shape index (κ3) is 3.27. The van der Waals surface area contributed by atoms with E-state index >= 15 is 0 Å². The zero-order chi connectivity index (χ0) is 16.2. The topological polar surface area (TPSA) is 71.3 Å². The molecule has 5 nitrogen and oxygen atoms in total. The smallest absolute Gasteiger partial charge is 0.265 e. The van der Waals surface area contributed by atoms with Gasteiger partial charge in [-0.15, -0.1) is 0 Å². The molecule has 3 rings (SSSR count). The van der Waals surface area contributed by atoms with Crippen LogP contribution in [0.3, 0.4) is 0 Å². The van der Waals surface area contributed by atoms with Crippen molar-refractivity contribution in [2.45, 2.75) is 19.1 Å². The number of carbonyl (C=O) groups is 1. The summed E-state index contributed by atoms with van der Waals surface area (Å²) in [6, 6.07) is 16.3. The molecular weight excluding hydrogens is 292 g/mol. The number of fused-ring (bicyclic) bond motifs is 1. The van der Waals surface area contributed by atoms with Crippen LogP contribution in [-0.2, 0) is 4.79 Å². The number of hydrogen-bond acceptors (Lipinski definition) is 4. The summed E-state index contributed by atoms with van der Waals surface area (Å²) in [7, 11) is 0. The predicted octanol–water partition coefficient (Wildman–Crippen LogP) is 2.58. The molecule has 0 saturated heterocycles. The van der Waals surface area contributed by atoms with Crippen molar-refractivity contribution in [2.75, 3.05) is 6.61 Å². The van der Waals surface area contributed by atoms with E-state index in [2.05, 4.69) is 11.4 Å². The highest BCUT2D eigenvalue weighted by molar-refractivity contribution is 5.82. The van der Waals surface area contributed by atoms with E-state index in [-0.39, 0.29) is 18.6 Å². The molecule has 5 heteroatoms. The molecule has 2 aromatic carbocycles.